The van der Waals surface area contributed by atoms with E-state index in [2.05, 4.69) is 22.4 Å². The maximum absolute atomic E-state index is 16.3. The van der Waals surface area contributed by atoms with Crippen molar-refractivity contribution in [2.75, 3.05) is 20.3 Å². The molecule has 3 aromatic heterocycles. The maximum Gasteiger partial charge on any atom is 0.261 e. The van der Waals surface area contributed by atoms with Crippen molar-refractivity contribution in [3.63, 3.8) is 0 Å². The topological polar surface area (TPSA) is 84.1 Å². The predicted octanol–water partition coefficient (Wildman–Crippen LogP) is 5.35. The summed E-state index contributed by atoms with van der Waals surface area (Å²) in [4.78, 5) is 17.2. The lowest BCUT2D eigenvalue weighted by molar-refractivity contribution is 0.0552. The predicted molar refractivity (Wildman–Crippen MR) is 142 cm³/mol. The summed E-state index contributed by atoms with van der Waals surface area (Å²) in [5, 5.41) is 8.87. The van der Waals surface area contributed by atoms with Crippen molar-refractivity contribution in [3.05, 3.63) is 71.7 Å². The van der Waals surface area contributed by atoms with Crippen LogP contribution in [0.25, 0.3) is 33.2 Å². The zero-order valence-corrected chi connectivity index (χ0v) is 21.5. The van der Waals surface area contributed by atoms with Crippen LogP contribution in [0.4, 0.5) is 4.39 Å². The van der Waals surface area contributed by atoms with Crippen molar-refractivity contribution in [2.45, 2.75) is 25.8 Å². The Morgan fingerprint density at radius 2 is 1.92 bits per heavy atom. The normalized spacial score (nSPS) is 15.3. The van der Waals surface area contributed by atoms with Crippen LogP contribution in [0.15, 0.2) is 54.7 Å². The molecule has 1 aliphatic rings. The number of ether oxygens (including phenoxy) is 2. The molecule has 1 saturated heterocycles. The van der Waals surface area contributed by atoms with E-state index in [-0.39, 0.29) is 23.3 Å². The van der Waals surface area contributed by atoms with Crippen LogP contribution in [0.3, 0.4) is 0 Å². The molecular formula is C29H28FN5O3. The van der Waals surface area contributed by atoms with E-state index >= 15 is 4.39 Å². The molecule has 2 aromatic carbocycles. The quantitative estimate of drug-likeness (QED) is 0.285. The fourth-order valence-electron chi connectivity index (χ4n) is 5.75. The van der Waals surface area contributed by atoms with Crippen molar-refractivity contribution in [1.82, 2.24) is 24.5 Å². The van der Waals surface area contributed by atoms with Gasteiger partial charge in [0.05, 0.1) is 35.3 Å². The van der Waals surface area contributed by atoms with Crippen LogP contribution in [-0.2, 0) is 11.8 Å². The van der Waals surface area contributed by atoms with Gasteiger partial charge in [-0.05, 0) is 49.4 Å². The number of aryl methyl sites for hydroxylation is 1. The minimum atomic E-state index is -0.526. The molecule has 1 unspecified atom stereocenters. The van der Waals surface area contributed by atoms with E-state index in [1.54, 1.807) is 37.2 Å². The van der Waals surface area contributed by atoms with Crippen LogP contribution in [0, 0.1) is 11.7 Å². The highest BCUT2D eigenvalue weighted by Crippen LogP contribution is 2.42. The van der Waals surface area contributed by atoms with Gasteiger partial charge in [0.2, 0.25) is 0 Å². The number of methoxy groups -OCH3 is 1. The van der Waals surface area contributed by atoms with E-state index in [0.717, 1.165) is 29.5 Å². The van der Waals surface area contributed by atoms with Crippen molar-refractivity contribution < 1.29 is 18.7 Å². The number of ketones is 1. The first-order valence-electron chi connectivity index (χ1n) is 12.7. The first-order chi connectivity index (χ1) is 18.5. The fourth-order valence-corrected chi connectivity index (χ4v) is 5.75. The number of nitrogens with zero attached hydrogens (tertiary/aromatic N) is 5. The van der Waals surface area contributed by atoms with Gasteiger partial charge in [-0.2, -0.15) is 0 Å². The average Bonchev–Trinajstić information content (AvgIpc) is 3.48. The first-order valence-corrected chi connectivity index (χ1v) is 12.7. The lowest BCUT2D eigenvalue weighted by Gasteiger charge is -2.33. The van der Waals surface area contributed by atoms with Crippen LogP contribution >= 0.6 is 0 Å². The maximum atomic E-state index is 16.3. The van der Waals surface area contributed by atoms with Gasteiger partial charge in [0.25, 0.3) is 5.88 Å². The molecule has 0 N–H and O–H groups in total. The van der Waals surface area contributed by atoms with Gasteiger partial charge in [0, 0.05) is 37.4 Å². The van der Waals surface area contributed by atoms with Crippen LogP contribution in [0.2, 0.25) is 0 Å². The average molecular weight is 514 g/mol. The van der Waals surface area contributed by atoms with Gasteiger partial charge < -0.3 is 14.0 Å². The SMILES string of the molecule is COc1nnn(C)c1-c1cnc2c3ccc(C(C)=O)c(F)c3n(C(c3ccccc3)C3CCOCC3)c2c1. The fraction of sp³-hybridized carbons (Fsp3) is 0.310. The number of carbonyl (C=O) groups excluding carboxylic acids is 1. The van der Waals surface area contributed by atoms with Gasteiger partial charge in [-0.3, -0.25) is 9.78 Å². The molecule has 0 spiro atoms. The number of fused-ring (bicyclic) bond motifs is 3. The number of hydrogen-bond acceptors (Lipinski definition) is 6. The highest BCUT2D eigenvalue weighted by atomic mass is 19.1. The third-order valence-corrected chi connectivity index (χ3v) is 7.51. The smallest absolute Gasteiger partial charge is 0.261 e. The van der Waals surface area contributed by atoms with E-state index < -0.39 is 5.82 Å². The Labute approximate surface area is 219 Å². The summed E-state index contributed by atoms with van der Waals surface area (Å²) in [5.74, 6) is -0.266. The van der Waals surface area contributed by atoms with Gasteiger partial charge >= 0.3 is 0 Å². The molecule has 0 radical (unpaired) electrons. The summed E-state index contributed by atoms with van der Waals surface area (Å²) >= 11 is 0. The second kappa shape index (κ2) is 9.64. The number of pyridine rings is 1. The molecule has 8 nitrogen and oxygen atoms in total. The zero-order chi connectivity index (χ0) is 26.4. The minimum absolute atomic E-state index is 0.0677. The molecule has 0 aliphatic carbocycles. The molecule has 0 bridgehead atoms. The van der Waals surface area contributed by atoms with E-state index in [9.17, 15) is 4.79 Å². The number of rotatable bonds is 6. The van der Waals surface area contributed by atoms with Crippen LogP contribution in [0.1, 0.15) is 41.7 Å². The Morgan fingerprint density at radius 3 is 2.63 bits per heavy atom. The van der Waals surface area contributed by atoms with Gasteiger partial charge in [-0.1, -0.05) is 40.6 Å². The molecule has 194 valence electrons. The molecule has 0 saturated carbocycles. The number of aromatic nitrogens is 5. The second-order valence-electron chi connectivity index (χ2n) is 9.72. The lowest BCUT2D eigenvalue weighted by atomic mass is 9.86. The zero-order valence-electron chi connectivity index (χ0n) is 21.5. The summed E-state index contributed by atoms with van der Waals surface area (Å²) in [6.45, 7) is 2.68. The van der Waals surface area contributed by atoms with Crippen molar-refractivity contribution in [2.24, 2.45) is 13.0 Å². The molecule has 1 fully saturated rings. The Kier molecular flexibility index (Phi) is 6.15. The Hall–Kier alpha value is -4.11. The first kappa shape index (κ1) is 24.2. The number of carbonyl (C=O) groups is 1. The Morgan fingerprint density at radius 1 is 1.16 bits per heavy atom. The van der Waals surface area contributed by atoms with Crippen molar-refractivity contribution >= 4 is 27.7 Å². The van der Waals surface area contributed by atoms with E-state index in [0.29, 0.717) is 41.2 Å². The van der Waals surface area contributed by atoms with Crippen LogP contribution < -0.4 is 4.74 Å². The van der Waals surface area contributed by atoms with Gasteiger partial charge in [0.1, 0.15) is 5.69 Å². The summed E-state index contributed by atoms with van der Waals surface area (Å²) in [6, 6.07) is 15.3. The van der Waals surface area contributed by atoms with E-state index in [1.807, 2.05) is 28.8 Å². The molecule has 4 heterocycles. The van der Waals surface area contributed by atoms with Crippen LogP contribution in [-0.4, -0.2) is 50.7 Å². The standard InChI is InChI=1S/C29H28FN5O3/c1-17(36)21-9-10-22-25-23(15-20(16-31-25)27-29(37-3)32-33-34(27)2)35(28(22)24(21)30)26(18-7-5-4-6-8-18)19-11-13-38-14-12-19/h4-10,15-16,19,26H,11-14H2,1-3H3. The molecule has 0 amide bonds. The molecule has 1 aliphatic heterocycles. The summed E-state index contributed by atoms with van der Waals surface area (Å²) in [7, 11) is 3.34. The number of benzene rings is 2. The van der Waals surface area contributed by atoms with Gasteiger partial charge in [0.15, 0.2) is 11.6 Å². The monoisotopic (exact) mass is 513 g/mol. The highest BCUT2D eigenvalue weighted by Gasteiger charge is 2.32. The summed E-state index contributed by atoms with van der Waals surface area (Å²) in [6.07, 6.45) is 3.40. The summed E-state index contributed by atoms with van der Waals surface area (Å²) in [5.41, 5.74) is 4.37. The second-order valence-corrected chi connectivity index (χ2v) is 9.72. The molecule has 38 heavy (non-hydrogen) atoms. The van der Waals surface area contributed by atoms with Crippen LogP contribution in [0.5, 0.6) is 5.88 Å². The third-order valence-electron chi connectivity index (χ3n) is 7.51. The van der Waals surface area contributed by atoms with Gasteiger partial charge in [-0.15, -0.1) is 0 Å². The third kappa shape index (κ3) is 3.85. The van der Waals surface area contributed by atoms with Gasteiger partial charge in [-0.25, -0.2) is 9.07 Å². The minimum Gasteiger partial charge on any atom is -0.478 e. The largest absolute Gasteiger partial charge is 0.478 e. The van der Waals surface area contributed by atoms with E-state index in [4.69, 9.17) is 14.5 Å². The highest BCUT2D eigenvalue weighted by molar-refractivity contribution is 6.09. The molecular weight excluding hydrogens is 485 g/mol. The molecule has 9 heteroatoms. The molecule has 1 atom stereocenters. The van der Waals surface area contributed by atoms with Crippen molar-refractivity contribution in [3.8, 4) is 17.1 Å². The number of Topliss-reactive ketones (excluding diaryl/α,β-unsaturated/α-hetero) is 1. The number of hydrogen-bond donors (Lipinski definition) is 0. The Bertz CT molecular complexity index is 1650. The van der Waals surface area contributed by atoms with Crippen molar-refractivity contribution in [1.29, 1.82) is 0 Å². The lowest BCUT2D eigenvalue weighted by Crippen LogP contribution is -2.27. The van der Waals surface area contributed by atoms with E-state index in [1.165, 1.54) is 6.92 Å². The molecule has 6 rings (SSSR count). The summed E-state index contributed by atoms with van der Waals surface area (Å²) < 4.78 is 31.1. The Balaban J connectivity index is 1.72. The number of halogens is 1. The molecule has 5 aromatic rings.